The number of rotatable bonds is 5. The minimum atomic E-state index is -0.881. The average molecular weight is 352 g/mol. The van der Waals surface area contributed by atoms with Crippen LogP contribution >= 0.6 is 0 Å². The zero-order valence-electron chi connectivity index (χ0n) is 14.9. The number of anilines is 1. The van der Waals surface area contributed by atoms with E-state index in [9.17, 15) is 9.59 Å². The van der Waals surface area contributed by atoms with Crippen LogP contribution in [0.3, 0.4) is 0 Å². The summed E-state index contributed by atoms with van der Waals surface area (Å²) in [5.74, 6) is -0.931. The fourth-order valence-electron chi connectivity index (χ4n) is 2.67. The van der Waals surface area contributed by atoms with E-state index in [0.29, 0.717) is 28.8 Å². The van der Waals surface area contributed by atoms with Crippen LogP contribution < -0.4 is 5.32 Å². The highest BCUT2D eigenvalue weighted by molar-refractivity contribution is 5.98. The molecule has 0 radical (unpaired) electrons. The molecule has 0 saturated heterocycles. The molecular weight excluding hydrogens is 332 g/mol. The normalized spacial score (nSPS) is 12.0. The van der Waals surface area contributed by atoms with Gasteiger partial charge in [-0.15, -0.1) is 0 Å². The summed E-state index contributed by atoms with van der Waals surface area (Å²) in [6.07, 6.45) is 0.799. The highest BCUT2D eigenvalue weighted by atomic mass is 16.5. The number of benzene rings is 2. The van der Waals surface area contributed by atoms with Gasteiger partial charge in [-0.25, -0.2) is 9.78 Å². The van der Waals surface area contributed by atoms with Crippen molar-refractivity contribution in [3.05, 3.63) is 59.5 Å². The highest BCUT2D eigenvalue weighted by Crippen LogP contribution is 2.19. The third kappa shape index (κ3) is 3.74. The lowest BCUT2D eigenvalue weighted by Gasteiger charge is -2.17. The Labute approximate surface area is 151 Å². The van der Waals surface area contributed by atoms with Crippen LogP contribution in [0, 0.1) is 13.8 Å². The standard InChI is InChI=1S/C20H20N2O4/c1-4-17(19(23)22-15-7-5-12(2)9-13(15)3)26-20(24)14-6-8-16-18(10-14)25-11-21-16/h5-11,17H,4H2,1-3H3,(H,22,23). The molecule has 134 valence electrons. The molecule has 2 aromatic carbocycles. The lowest BCUT2D eigenvalue weighted by atomic mass is 10.1. The van der Waals surface area contributed by atoms with Crippen molar-refractivity contribution in [3.8, 4) is 0 Å². The van der Waals surface area contributed by atoms with Crippen molar-refractivity contribution in [2.75, 3.05) is 5.32 Å². The molecule has 1 aromatic heterocycles. The fourth-order valence-corrected chi connectivity index (χ4v) is 2.67. The van der Waals surface area contributed by atoms with Crippen LogP contribution in [0.5, 0.6) is 0 Å². The second-order valence-corrected chi connectivity index (χ2v) is 6.14. The van der Waals surface area contributed by atoms with E-state index >= 15 is 0 Å². The Balaban J connectivity index is 1.71. The number of nitrogens with one attached hydrogen (secondary N) is 1. The molecule has 3 rings (SSSR count). The summed E-state index contributed by atoms with van der Waals surface area (Å²) < 4.78 is 10.6. The van der Waals surface area contributed by atoms with Gasteiger partial charge in [0.1, 0.15) is 5.52 Å². The molecule has 0 aliphatic rings. The Kier molecular flexibility index (Phi) is 5.02. The summed E-state index contributed by atoms with van der Waals surface area (Å²) in [6.45, 7) is 5.70. The predicted octanol–water partition coefficient (Wildman–Crippen LogP) is 4.02. The minimum Gasteiger partial charge on any atom is -0.449 e. The van der Waals surface area contributed by atoms with Crippen molar-refractivity contribution in [3.63, 3.8) is 0 Å². The van der Waals surface area contributed by atoms with Gasteiger partial charge in [0, 0.05) is 5.69 Å². The van der Waals surface area contributed by atoms with E-state index in [1.54, 1.807) is 25.1 Å². The van der Waals surface area contributed by atoms with Crippen LogP contribution in [0.2, 0.25) is 0 Å². The molecule has 1 heterocycles. The van der Waals surface area contributed by atoms with Crippen LogP contribution in [-0.4, -0.2) is 23.0 Å². The van der Waals surface area contributed by atoms with Gasteiger partial charge in [-0.2, -0.15) is 0 Å². The molecule has 1 amide bonds. The average Bonchev–Trinajstić information content (AvgIpc) is 3.09. The molecule has 1 atom stereocenters. The largest absolute Gasteiger partial charge is 0.449 e. The molecular formula is C20H20N2O4. The van der Waals surface area contributed by atoms with Crippen molar-refractivity contribution >= 4 is 28.7 Å². The quantitative estimate of drug-likeness (QED) is 0.702. The Bertz CT molecular complexity index is 961. The zero-order chi connectivity index (χ0) is 18.7. The second kappa shape index (κ2) is 7.39. The Morgan fingerprint density at radius 1 is 1.19 bits per heavy atom. The molecule has 0 aliphatic heterocycles. The van der Waals surface area contributed by atoms with Gasteiger partial charge in [-0.1, -0.05) is 24.6 Å². The van der Waals surface area contributed by atoms with Gasteiger partial charge >= 0.3 is 5.97 Å². The molecule has 1 unspecified atom stereocenters. The first kappa shape index (κ1) is 17.7. The topological polar surface area (TPSA) is 81.4 Å². The van der Waals surface area contributed by atoms with Crippen molar-refractivity contribution in [1.29, 1.82) is 0 Å². The summed E-state index contributed by atoms with van der Waals surface area (Å²) in [6, 6.07) is 10.6. The van der Waals surface area contributed by atoms with Crippen LogP contribution in [-0.2, 0) is 9.53 Å². The van der Waals surface area contributed by atoms with E-state index in [1.807, 2.05) is 32.0 Å². The monoisotopic (exact) mass is 352 g/mol. The number of aromatic nitrogens is 1. The lowest BCUT2D eigenvalue weighted by Crippen LogP contribution is -2.32. The summed E-state index contributed by atoms with van der Waals surface area (Å²) >= 11 is 0. The smallest absolute Gasteiger partial charge is 0.339 e. The van der Waals surface area contributed by atoms with Crippen LogP contribution in [0.1, 0.15) is 34.8 Å². The van der Waals surface area contributed by atoms with E-state index < -0.39 is 12.1 Å². The van der Waals surface area contributed by atoms with Crippen LogP contribution in [0.4, 0.5) is 5.69 Å². The maximum absolute atomic E-state index is 12.5. The number of nitrogens with zero attached hydrogens (tertiary/aromatic N) is 1. The number of amides is 1. The first-order valence-electron chi connectivity index (χ1n) is 8.40. The Hall–Kier alpha value is -3.15. The van der Waals surface area contributed by atoms with Gasteiger partial charge in [0.15, 0.2) is 18.1 Å². The SMILES string of the molecule is CCC(OC(=O)c1ccc2ncoc2c1)C(=O)Nc1ccc(C)cc1C. The predicted molar refractivity (Wildman–Crippen MR) is 98.0 cm³/mol. The zero-order valence-corrected chi connectivity index (χ0v) is 14.9. The number of hydrogen-bond donors (Lipinski definition) is 1. The molecule has 0 spiro atoms. The highest BCUT2D eigenvalue weighted by Gasteiger charge is 2.23. The first-order chi connectivity index (χ1) is 12.5. The van der Waals surface area contributed by atoms with E-state index in [4.69, 9.17) is 9.15 Å². The fraction of sp³-hybridized carbons (Fsp3) is 0.250. The van der Waals surface area contributed by atoms with Gasteiger partial charge in [-0.3, -0.25) is 4.79 Å². The van der Waals surface area contributed by atoms with Crippen molar-refractivity contribution in [2.24, 2.45) is 0 Å². The van der Waals surface area contributed by atoms with E-state index in [-0.39, 0.29) is 5.91 Å². The molecule has 6 heteroatoms. The van der Waals surface area contributed by atoms with Crippen molar-refractivity contribution < 1.29 is 18.7 Å². The van der Waals surface area contributed by atoms with Gasteiger partial charge in [0.05, 0.1) is 5.56 Å². The van der Waals surface area contributed by atoms with Gasteiger partial charge in [0.25, 0.3) is 5.91 Å². The third-order valence-electron chi connectivity index (χ3n) is 4.12. The number of fused-ring (bicyclic) bond motifs is 1. The number of hydrogen-bond acceptors (Lipinski definition) is 5. The third-order valence-corrected chi connectivity index (χ3v) is 4.12. The minimum absolute atomic E-state index is 0.312. The molecule has 0 saturated carbocycles. The van der Waals surface area contributed by atoms with E-state index in [0.717, 1.165) is 11.1 Å². The first-order valence-corrected chi connectivity index (χ1v) is 8.40. The molecule has 0 fully saturated rings. The second-order valence-electron chi connectivity index (χ2n) is 6.14. The molecule has 1 N–H and O–H groups in total. The number of ether oxygens (including phenoxy) is 1. The molecule has 0 aliphatic carbocycles. The Morgan fingerprint density at radius 3 is 2.73 bits per heavy atom. The number of carbonyl (C=O) groups excluding carboxylic acids is 2. The molecule has 26 heavy (non-hydrogen) atoms. The van der Waals surface area contributed by atoms with Crippen LogP contribution in [0.15, 0.2) is 47.2 Å². The van der Waals surface area contributed by atoms with Gasteiger partial charge in [-0.05, 0) is 50.1 Å². The molecule has 0 bridgehead atoms. The van der Waals surface area contributed by atoms with Crippen molar-refractivity contribution in [1.82, 2.24) is 4.98 Å². The van der Waals surface area contributed by atoms with Gasteiger partial charge < -0.3 is 14.5 Å². The summed E-state index contributed by atoms with van der Waals surface area (Å²) in [5, 5.41) is 2.83. The van der Waals surface area contributed by atoms with Crippen molar-refractivity contribution in [2.45, 2.75) is 33.3 Å². The lowest BCUT2D eigenvalue weighted by molar-refractivity contribution is -0.124. The summed E-state index contributed by atoms with van der Waals surface area (Å²) in [4.78, 5) is 28.9. The number of esters is 1. The van der Waals surface area contributed by atoms with E-state index in [1.165, 1.54) is 6.39 Å². The molecule has 6 nitrogen and oxygen atoms in total. The van der Waals surface area contributed by atoms with E-state index in [2.05, 4.69) is 10.3 Å². The maximum Gasteiger partial charge on any atom is 0.339 e. The molecule has 3 aromatic rings. The maximum atomic E-state index is 12.5. The Morgan fingerprint density at radius 2 is 2.00 bits per heavy atom. The summed E-state index contributed by atoms with van der Waals surface area (Å²) in [5.41, 5.74) is 4.23. The number of aryl methyl sites for hydroxylation is 2. The summed E-state index contributed by atoms with van der Waals surface area (Å²) in [7, 11) is 0. The van der Waals surface area contributed by atoms with Crippen LogP contribution in [0.25, 0.3) is 11.1 Å². The van der Waals surface area contributed by atoms with Gasteiger partial charge in [0.2, 0.25) is 0 Å². The number of oxazole rings is 1. The number of carbonyl (C=O) groups is 2.